The van der Waals surface area contributed by atoms with Gasteiger partial charge >= 0.3 is 18.2 Å². The fraction of sp³-hybridized carbons (Fsp3) is 0.852. The van der Waals surface area contributed by atoms with Gasteiger partial charge in [0, 0.05) is 38.7 Å². The molecule has 2 aliphatic heterocycles. The predicted octanol–water partition coefficient (Wildman–Crippen LogP) is 1.35. The molecule has 41 heavy (non-hydrogen) atoms. The van der Waals surface area contributed by atoms with E-state index in [1.54, 1.807) is 23.6 Å². The lowest BCUT2D eigenvalue weighted by Gasteiger charge is -2.33. The first-order valence-corrected chi connectivity index (χ1v) is 13.9. The fourth-order valence-corrected chi connectivity index (χ4v) is 3.82. The van der Waals surface area contributed by atoms with Crippen molar-refractivity contribution >= 4 is 23.9 Å². The maximum atomic E-state index is 11.9. The van der Waals surface area contributed by atoms with Crippen molar-refractivity contribution in [3.8, 4) is 0 Å². The van der Waals surface area contributed by atoms with Crippen LogP contribution in [0.15, 0.2) is 0 Å². The average Bonchev–Trinajstić information content (AvgIpc) is 2.88. The number of piperidine rings is 2. The maximum absolute atomic E-state index is 11.9. The summed E-state index contributed by atoms with van der Waals surface area (Å²) >= 11 is 0. The van der Waals surface area contributed by atoms with Gasteiger partial charge < -0.3 is 40.3 Å². The van der Waals surface area contributed by atoms with E-state index >= 15 is 0 Å². The third-order valence-electron chi connectivity index (χ3n) is 5.42. The lowest BCUT2D eigenvalue weighted by Crippen LogP contribution is -2.45. The summed E-state index contributed by atoms with van der Waals surface area (Å²) in [4.78, 5) is 50.1. The standard InChI is InChI=1S/C13H23NO4.C12H22N2O3.C2H6O.H4N2.H2O/c1-5-17-11(15)10-7-6-8-14(9-10)12(16)18-13(2,3)4;1-12(2,3)17-11(16)14-6-4-5-9(8-14)10(15)7-13;1-2-3;1-2;/h10H,5-9H2,1-4H3;9H,4-8,13H2,1-3H3;3H,2H2,1H3;1-2H2;1H2/t10-;9-;;;/m11.../s1. The molecular weight excluding hydrogens is 538 g/mol. The molecule has 2 heterocycles. The highest BCUT2D eigenvalue weighted by Gasteiger charge is 2.32. The number of hydrogen-bond acceptors (Lipinski definition) is 11. The summed E-state index contributed by atoms with van der Waals surface area (Å²) in [5.41, 5.74) is 4.34. The Kier molecular flexibility index (Phi) is 23.2. The first kappa shape index (κ1) is 42.9. The topological polar surface area (TPSA) is 232 Å². The molecule has 14 heteroatoms. The van der Waals surface area contributed by atoms with E-state index in [0.29, 0.717) is 32.8 Å². The van der Waals surface area contributed by atoms with E-state index in [-0.39, 0.29) is 54.4 Å². The summed E-state index contributed by atoms with van der Waals surface area (Å²) in [6, 6.07) is 0. The van der Waals surface area contributed by atoms with Gasteiger partial charge in [-0.05, 0) is 81.1 Å². The van der Waals surface area contributed by atoms with E-state index in [2.05, 4.69) is 11.7 Å². The summed E-state index contributed by atoms with van der Waals surface area (Å²) in [6.07, 6.45) is 2.54. The first-order chi connectivity index (χ1) is 18.6. The van der Waals surface area contributed by atoms with Crippen molar-refractivity contribution in [2.24, 2.45) is 29.3 Å². The highest BCUT2D eigenvalue weighted by Crippen LogP contribution is 2.21. The van der Waals surface area contributed by atoms with E-state index in [4.69, 9.17) is 25.1 Å². The van der Waals surface area contributed by atoms with Crippen molar-refractivity contribution in [3.63, 3.8) is 0 Å². The Morgan fingerprint density at radius 2 is 1.17 bits per heavy atom. The molecule has 0 aliphatic carbocycles. The van der Waals surface area contributed by atoms with Crippen molar-refractivity contribution in [2.75, 3.05) is 45.9 Å². The summed E-state index contributed by atoms with van der Waals surface area (Å²) in [5.74, 6) is 7.47. The predicted molar refractivity (Wildman–Crippen MR) is 157 cm³/mol. The van der Waals surface area contributed by atoms with Crippen molar-refractivity contribution in [1.29, 1.82) is 0 Å². The fourth-order valence-electron chi connectivity index (χ4n) is 3.82. The molecule has 2 saturated heterocycles. The van der Waals surface area contributed by atoms with E-state index in [1.807, 2.05) is 41.5 Å². The third kappa shape index (κ3) is 20.1. The molecule has 2 atom stereocenters. The van der Waals surface area contributed by atoms with E-state index in [0.717, 1.165) is 25.7 Å². The Bertz CT molecular complexity index is 754. The molecule has 0 aromatic carbocycles. The van der Waals surface area contributed by atoms with Crippen molar-refractivity contribution in [3.05, 3.63) is 0 Å². The largest absolute Gasteiger partial charge is 0.466 e. The molecule has 2 amide bonds. The zero-order valence-electron chi connectivity index (χ0n) is 26.4. The Morgan fingerprint density at radius 3 is 1.51 bits per heavy atom. The van der Waals surface area contributed by atoms with E-state index < -0.39 is 11.2 Å². The van der Waals surface area contributed by atoms with Crippen LogP contribution in [0.1, 0.15) is 81.1 Å². The minimum absolute atomic E-state index is 0. The SMILES string of the molecule is CC(C)(C)OC(=O)N1CCC[C@@H](C(=O)CN)C1.CCO.CCOC(=O)[C@@H]1CCCN(C(=O)OC(C)(C)C)C1.NN.O. The number of rotatable bonds is 4. The summed E-state index contributed by atoms with van der Waals surface area (Å²) in [7, 11) is 0. The maximum Gasteiger partial charge on any atom is 0.410 e. The number of carbonyl (C=O) groups excluding carboxylic acids is 4. The second-order valence-corrected chi connectivity index (χ2v) is 11.3. The van der Waals surface area contributed by atoms with Crippen LogP contribution < -0.4 is 17.4 Å². The number of hydrazine groups is 1. The molecule has 0 spiro atoms. The minimum Gasteiger partial charge on any atom is -0.466 e. The van der Waals surface area contributed by atoms with Gasteiger partial charge in [0.05, 0.1) is 19.1 Å². The van der Waals surface area contributed by atoms with Crippen molar-refractivity contribution < 1.29 is 44.0 Å². The van der Waals surface area contributed by atoms with Crippen molar-refractivity contribution in [1.82, 2.24) is 9.80 Å². The molecule has 0 aromatic rings. The van der Waals surface area contributed by atoms with Crippen LogP contribution in [0.5, 0.6) is 0 Å². The monoisotopic (exact) mass is 595 g/mol. The molecule has 9 N–H and O–H groups in total. The second-order valence-electron chi connectivity index (χ2n) is 11.3. The van der Waals surface area contributed by atoms with Crippen LogP contribution in [-0.2, 0) is 23.8 Å². The zero-order chi connectivity index (χ0) is 31.5. The number of nitrogens with two attached hydrogens (primary N) is 3. The number of nitrogens with zero attached hydrogens (tertiary/aromatic N) is 2. The molecule has 244 valence electrons. The number of carbonyl (C=O) groups is 4. The van der Waals surface area contributed by atoms with Gasteiger partial charge in [-0.25, -0.2) is 9.59 Å². The number of ketones is 1. The summed E-state index contributed by atoms with van der Waals surface area (Å²) in [5, 5.41) is 7.57. The number of amides is 2. The van der Waals surface area contributed by atoms with Gasteiger partial charge in [0.2, 0.25) is 0 Å². The number of ether oxygens (including phenoxy) is 3. The number of aliphatic hydroxyl groups excluding tert-OH is 1. The van der Waals surface area contributed by atoms with Gasteiger partial charge in [-0.2, -0.15) is 0 Å². The normalized spacial score (nSPS) is 18.3. The van der Waals surface area contributed by atoms with Gasteiger partial charge in [0.15, 0.2) is 5.78 Å². The molecule has 2 aliphatic rings. The highest BCUT2D eigenvalue weighted by atomic mass is 16.6. The quantitative estimate of drug-likeness (QED) is 0.157. The molecule has 0 saturated carbocycles. The van der Waals surface area contributed by atoms with Crippen LogP contribution in [-0.4, -0.2) is 101 Å². The number of likely N-dealkylation sites (tertiary alicyclic amines) is 2. The number of esters is 1. The molecule has 2 fully saturated rings. The highest BCUT2D eigenvalue weighted by molar-refractivity contribution is 5.83. The lowest BCUT2D eigenvalue weighted by molar-refractivity contribution is -0.149. The number of hydrogen-bond donors (Lipinski definition) is 4. The van der Waals surface area contributed by atoms with E-state index in [9.17, 15) is 19.2 Å². The van der Waals surface area contributed by atoms with Gasteiger partial charge in [0.1, 0.15) is 11.2 Å². The van der Waals surface area contributed by atoms with Crippen LogP contribution in [0.3, 0.4) is 0 Å². The van der Waals surface area contributed by atoms with Crippen LogP contribution in [0.2, 0.25) is 0 Å². The average molecular weight is 596 g/mol. The third-order valence-corrected chi connectivity index (χ3v) is 5.42. The molecular formula is C27H57N5O9. The molecule has 2 rings (SSSR count). The number of Topliss-reactive ketones (excluding diaryl/α,β-unsaturated/α-hetero) is 1. The Morgan fingerprint density at radius 1 is 0.805 bits per heavy atom. The van der Waals surface area contributed by atoms with Gasteiger partial charge in [-0.3, -0.25) is 21.3 Å². The summed E-state index contributed by atoms with van der Waals surface area (Å²) in [6.45, 7) is 17.3. The van der Waals surface area contributed by atoms with Gasteiger partial charge in [-0.15, -0.1) is 0 Å². The van der Waals surface area contributed by atoms with Crippen LogP contribution in [0, 0.1) is 11.8 Å². The van der Waals surface area contributed by atoms with E-state index in [1.165, 1.54) is 0 Å². The smallest absolute Gasteiger partial charge is 0.410 e. The minimum atomic E-state index is -0.506. The summed E-state index contributed by atoms with van der Waals surface area (Å²) < 4.78 is 15.6. The Labute approximate surface area is 245 Å². The molecule has 0 radical (unpaired) electrons. The Balaban J connectivity index is -0.000000596. The van der Waals surface area contributed by atoms with Gasteiger partial charge in [0.25, 0.3) is 0 Å². The number of aliphatic hydroxyl groups is 1. The Hall–Kier alpha value is -2.52. The van der Waals surface area contributed by atoms with Crippen molar-refractivity contribution in [2.45, 2.75) is 92.3 Å². The molecule has 0 aromatic heterocycles. The molecule has 14 nitrogen and oxygen atoms in total. The zero-order valence-corrected chi connectivity index (χ0v) is 26.4. The first-order valence-electron chi connectivity index (χ1n) is 13.9. The second kappa shape index (κ2) is 22.1. The van der Waals surface area contributed by atoms with Crippen LogP contribution in [0.25, 0.3) is 0 Å². The molecule has 0 unspecified atom stereocenters. The lowest BCUT2D eigenvalue weighted by atomic mass is 9.94. The van der Waals surface area contributed by atoms with Crippen LogP contribution in [0.4, 0.5) is 9.59 Å². The van der Waals surface area contributed by atoms with Crippen LogP contribution >= 0.6 is 0 Å². The van der Waals surface area contributed by atoms with Gasteiger partial charge in [-0.1, -0.05) is 0 Å². The molecule has 0 bridgehead atoms.